The number of imide groups is 1. The zero-order valence-electron chi connectivity index (χ0n) is 15.3. The van der Waals surface area contributed by atoms with Gasteiger partial charge in [0.15, 0.2) is 0 Å². The summed E-state index contributed by atoms with van der Waals surface area (Å²) in [5.41, 5.74) is 4.99. The van der Waals surface area contributed by atoms with Gasteiger partial charge in [-0.2, -0.15) is 0 Å². The van der Waals surface area contributed by atoms with E-state index in [9.17, 15) is 19.2 Å². The second kappa shape index (κ2) is 6.56. The van der Waals surface area contributed by atoms with Crippen molar-refractivity contribution in [3.63, 3.8) is 0 Å². The third-order valence-electron chi connectivity index (χ3n) is 5.92. The molecular weight excluding hydrogens is 384 g/mol. The number of carbonyl (C=O) groups excluding carboxylic acids is 4. The van der Waals surface area contributed by atoms with Crippen LogP contribution in [0.25, 0.3) is 0 Å². The molecule has 1 spiro atoms. The first-order chi connectivity index (χ1) is 13.3. The van der Waals surface area contributed by atoms with E-state index in [4.69, 9.17) is 17.3 Å². The number of hydrogen-bond acceptors (Lipinski definition) is 5. The standard InChI is InChI=1S/C19H21ClN4O4/c1-2-3-6-24-16(26)14-12(8-13(21)25)23-19(15(14)17(24)27)10-7-9(20)4-5-11(10)22-18(19)28/h4-5,7,12,14-15,23H,2-3,6,8H2,1H3,(H2,21,25)(H,22,28)/t12-,14-,15+,19-/m1/s1. The van der Waals surface area contributed by atoms with Crippen LogP contribution in [0.5, 0.6) is 0 Å². The summed E-state index contributed by atoms with van der Waals surface area (Å²) in [6.07, 6.45) is 1.35. The number of nitrogens with one attached hydrogen (secondary N) is 2. The molecule has 2 saturated heterocycles. The van der Waals surface area contributed by atoms with Gasteiger partial charge in [-0.15, -0.1) is 0 Å². The number of nitrogens with zero attached hydrogens (tertiary/aromatic N) is 1. The van der Waals surface area contributed by atoms with Gasteiger partial charge in [0.05, 0.1) is 11.8 Å². The molecule has 8 nitrogen and oxygen atoms in total. The molecule has 4 N–H and O–H groups in total. The minimum atomic E-state index is -1.45. The van der Waals surface area contributed by atoms with Crippen LogP contribution >= 0.6 is 11.6 Å². The third kappa shape index (κ3) is 2.48. The van der Waals surface area contributed by atoms with Crippen molar-refractivity contribution in [1.82, 2.24) is 10.2 Å². The van der Waals surface area contributed by atoms with Crippen molar-refractivity contribution in [2.75, 3.05) is 11.9 Å². The molecule has 4 atom stereocenters. The van der Waals surface area contributed by atoms with Crippen molar-refractivity contribution in [2.24, 2.45) is 17.6 Å². The Bertz CT molecular complexity index is 904. The topological polar surface area (TPSA) is 122 Å². The van der Waals surface area contributed by atoms with E-state index in [1.807, 2.05) is 6.92 Å². The molecule has 1 aromatic rings. The molecule has 0 aliphatic carbocycles. The van der Waals surface area contributed by atoms with Crippen LogP contribution in [0.2, 0.25) is 5.02 Å². The summed E-state index contributed by atoms with van der Waals surface area (Å²) in [6, 6.07) is 4.22. The number of rotatable bonds is 5. The molecular formula is C19H21ClN4O4. The van der Waals surface area contributed by atoms with Crippen LogP contribution in [0, 0.1) is 11.8 Å². The molecule has 2 fully saturated rings. The molecule has 28 heavy (non-hydrogen) atoms. The van der Waals surface area contributed by atoms with Crippen molar-refractivity contribution < 1.29 is 19.2 Å². The number of fused-ring (bicyclic) bond motifs is 4. The minimum Gasteiger partial charge on any atom is -0.370 e. The maximum Gasteiger partial charge on any atom is 0.250 e. The third-order valence-corrected chi connectivity index (χ3v) is 6.16. The van der Waals surface area contributed by atoms with Gasteiger partial charge in [0.25, 0.3) is 0 Å². The first-order valence-corrected chi connectivity index (χ1v) is 9.71. The molecule has 0 radical (unpaired) electrons. The summed E-state index contributed by atoms with van der Waals surface area (Å²) < 4.78 is 0. The zero-order chi connectivity index (χ0) is 20.2. The quantitative estimate of drug-likeness (QED) is 0.625. The monoisotopic (exact) mass is 404 g/mol. The van der Waals surface area contributed by atoms with Crippen LogP contribution in [-0.2, 0) is 24.7 Å². The molecule has 3 aliphatic heterocycles. The van der Waals surface area contributed by atoms with E-state index in [0.29, 0.717) is 29.2 Å². The summed E-state index contributed by atoms with van der Waals surface area (Å²) in [4.78, 5) is 52.3. The average molecular weight is 405 g/mol. The van der Waals surface area contributed by atoms with Gasteiger partial charge in [0.2, 0.25) is 23.6 Å². The Morgan fingerprint density at radius 3 is 2.71 bits per heavy atom. The van der Waals surface area contributed by atoms with Crippen LogP contribution in [0.1, 0.15) is 31.7 Å². The lowest BCUT2D eigenvalue weighted by Gasteiger charge is -2.29. The molecule has 3 heterocycles. The number of carbonyl (C=O) groups is 4. The lowest BCUT2D eigenvalue weighted by atomic mass is 9.76. The van der Waals surface area contributed by atoms with E-state index in [1.165, 1.54) is 4.90 Å². The van der Waals surface area contributed by atoms with Crippen LogP contribution in [-0.4, -0.2) is 41.1 Å². The van der Waals surface area contributed by atoms with Crippen LogP contribution in [0.3, 0.4) is 0 Å². The van der Waals surface area contributed by atoms with Crippen LogP contribution in [0.4, 0.5) is 5.69 Å². The Labute approximate surface area is 166 Å². The summed E-state index contributed by atoms with van der Waals surface area (Å²) in [5, 5.41) is 6.32. The zero-order valence-corrected chi connectivity index (χ0v) is 16.1. The normalized spacial score (nSPS) is 30.7. The number of likely N-dealkylation sites (tertiary alicyclic amines) is 1. The molecule has 9 heteroatoms. The maximum absolute atomic E-state index is 13.3. The molecule has 4 amide bonds. The number of benzene rings is 1. The molecule has 0 bridgehead atoms. The predicted octanol–water partition coefficient (Wildman–Crippen LogP) is 0.736. The Morgan fingerprint density at radius 1 is 1.29 bits per heavy atom. The van der Waals surface area contributed by atoms with Crippen molar-refractivity contribution >= 4 is 40.9 Å². The molecule has 148 valence electrons. The molecule has 0 aromatic heterocycles. The number of amides is 4. The highest BCUT2D eigenvalue weighted by atomic mass is 35.5. The van der Waals surface area contributed by atoms with Gasteiger partial charge in [-0.05, 0) is 24.6 Å². The first-order valence-electron chi connectivity index (χ1n) is 9.34. The van der Waals surface area contributed by atoms with E-state index in [0.717, 1.165) is 6.42 Å². The Hall–Kier alpha value is -2.45. The number of primary amides is 1. The fraction of sp³-hybridized carbons (Fsp3) is 0.474. The second-order valence-electron chi connectivity index (χ2n) is 7.56. The first kappa shape index (κ1) is 18.9. The van der Waals surface area contributed by atoms with Gasteiger partial charge in [-0.3, -0.25) is 29.4 Å². The maximum atomic E-state index is 13.3. The van der Waals surface area contributed by atoms with E-state index in [-0.39, 0.29) is 12.3 Å². The largest absolute Gasteiger partial charge is 0.370 e. The highest BCUT2D eigenvalue weighted by molar-refractivity contribution is 6.31. The second-order valence-corrected chi connectivity index (χ2v) is 7.99. The summed E-state index contributed by atoms with van der Waals surface area (Å²) >= 11 is 6.16. The fourth-order valence-electron chi connectivity index (χ4n) is 4.76. The smallest absolute Gasteiger partial charge is 0.250 e. The summed E-state index contributed by atoms with van der Waals surface area (Å²) in [7, 11) is 0. The summed E-state index contributed by atoms with van der Waals surface area (Å²) in [6.45, 7) is 2.26. The Morgan fingerprint density at radius 2 is 2.04 bits per heavy atom. The van der Waals surface area contributed by atoms with Crippen LogP contribution < -0.4 is 16.4 Å². The lowest BCUT2D eigenvalue weighted by molar-refractivity contribution is -0.142. The highest BCUT2D eigenvalue weighted by Crippen LogP contribution is 2.53. The van der Waals surface area contributed by atoms with Crippen molar-refractivity contribution in [3.05, 3.63) is 28.8 Å². The number of unbranched alkanes of at least 4 members (excludes halogenated alkanes) is 1. The molecule has 3 aliphatic rings. The number of anilines is 1. The molecule has 0 saturated carbocycles. The fourth-order valence-corrected chi connectivity index (χ4v) is 4.93. The van der Waals surface area contributed by atoms with Gasteiger partial charge in [0.1, 0.15) is 5.54 Å². The van der Waals surface area contributed by atoms with Crippen molar-refractivity contribution in [2.45, 2.75) is 37.8 Å². The van der Waals surface area contributed by atoms with Crippen molar-refractivity contribution in [3.8, 4) is 0 Å². The van der Waals surface area contributed by atoms with Crippen molar-refractivity contribution in [1.29, 1.82) is 0 Å². The Balaban J connectivity index is 1.85. The number of halogens is 1. The number of hydrogen-bond donors (Lipinski definition) is 3. The predicted molar refractivity (Wildman–Crippen MR) is 101 cm³/mol. The van der Waals surface area contributed by atoms with E-state index < -0.39 is 41.1 Å². The average Bonchev–Trinajstić information content (AvgIpc) is 3.19. The SMILES string of the molecule is CCCCN1C(=O)[C@H]2[C@@H](C1=O)[C@@]1(N[C@@H]2CC(N)=O)C(=O)Nc2ccc(Cl)cc21. The van der Waals surface area contributed by atoms with Crippen LogP contribution in [0.15, 0.2) is 18.2 Å². The van der Waals surface area contributed by atoms with E-state index in [2.05, 4.69) is 10.6 Å². The number of nitrogens with two attached hydrogens (primary N) is 1. The molecule has 1 aromatic carbocycles. The molecule has 0 unspecified atom stereocenters. The van der Waals surface area contributed by atoms with Gasteiger partial charge in [-0.25, -0.2) is 0 Å². The van der Waals surface area contributed by atoms with E-state index in [1.54, 1.807) is 18.2 Å². The lowest BCUT2D eigenvalue weighted by Crippen LogP contribution is -2.53. The van der Waals surface area contributed by atoms with Gasteiger partial charge >= 0.3 is 0 Å². The van der Waals surface area contributed by atoms with E-state index >= 15 is 0 Å². The minimum absolute atomic E-state index is 0.146. The van der Waals surface area contributed by atoms with Gasteiger partial charge in [0, 0.05) is 35.3 Å². The highest BCUT2D eigenvalue weighted by Gasteiger charge is 2.70. The van der Waals surface area contributed by atoms with Gasteiger partial charge < -0.3 is 11.1 Å². The Kier molecular flexibility index (Phi) is 4.43. The summed E-state index contributed by atoms with van der Waals surface area (Å²) in [5.74, 6) is -3.56. The van der Waals surface area contributed by atoms with Gasteiger partial charge in [-0.1, -0.05) is 24.9 Å². The molecule has 4 rings (SSSR count).